The Balaban J connectivity index is 1.28. The fourth-order valence-corrected chi connectivity index (χ4v) is 7.30. The highest BCUT2D eigenvalue weighted by atomic mass is 32.1. The van der Waals surface area contributed by atoms with Crippen molar-refractivity contribution in [3.63, 3.8) is 0 Å². The van der Waals surface area contributed by atoms with E-state index in [0.717, 1.165) is 11.4 Å². The summed E-state index contributed by atoms with van der Waals surface area (Å²) in [7, 11) is 0. The molecule has 0 unspecified atom stereocenters. The second kappa shape index (κ2) is 10.3. The third-order valence-corrected chi connectivity index (χ3v) is 9.25. The van der Waals surface area contributed by atoms with Crippen molar-refractivity contribution in [2.45, 2.75) is 0 Å². The summed E-state index contributed by atoms with van der Waals surface area (Å²) in [6, 6.07) is 59.0. The molecule has 0 aliphatic rings. The van der Waals surface area contributed by atoms with Crippen molar-refractivity contribution >= 4 is 59.3 Å². The first kappa shape index (κ1) is 24.6. The molecule has 198 valence electrons. The molecule has 1 heterocycles. The van der Waals surface area contributed by atoms with Crippen molar-refractivity contribution in [3.05, 3.63) is 164 Å². The van der Waals surface area contributed by atoms with Crippen LogP contribution >= 0.6 is 11.3 Å². The summed E-state index contributed by atoms with van der Waals surface area (Å²) in [5.41, 5.74) is 8.34. The molecule has 1 aromatic heterocycles. The average molecular weight is 554 g/mol. The second-order valence-electron chi connectivity index (χ2n) is 10.6. The first-order valence-electron chi connectivity index (χ1n) is 14.3. The van der Waals surface area contributed by atoms with E-state index in [4.69, 9.17) is 0 Å². The first-order valence-corrected chi connectivity index (χ1v) is 15.1. The fraction of sp³-hybridized carbons (Fsp3) is 0. The van der Waals surface area contributed by atoms with E-state index in [2.05, 4.69) is 169 Å². The van der Waals surface area contributed by atoms with E-state index in [1.165, 1.54) is 58.9 Å². The number of fused-ring (bicyclic) bond motifs is 5. The number of para-hydroxylation sites is 1. The van der Waals surface area contributed by atoms with Gasteiger partial charge in [-0.3, -0.25) is 0 Å². The monoisotopic (exact) mass is 553 g/mol. The van der Waals surface area contributed by atoms with E-state index in [-0.39, 0.29) is 0 Å². The minimum atomic E-state index is 1.13. The fourth-order valence-electron chi connectivity index (χ4n) is 6.04. The van der Waals surface area contributed by atoms with Gasteiger partial charge in [0.1, 0.15) is 0 Å². The zero-order valence-corrected chi connectivity index (χ0v) is 23.8. The molecule has 0 aliphatic carbocycles. The molecule has 1 nitrogen and oxygen atoms in total. The second-order valence-corrected chi connectivity index (χ2v) is 11.6. The molecule has 42 heavy (non-hydrogen) atoms. The lowest BCUT2D eigenvalue weighted by molar-refractivity contribution is 1.30. The molecule has 0 saturated carbocycles. The third-order valence-electron chi connectivity index (χ3n) is 8.05. The molecule has 0 radical (unpaired) electrons. The molecule has 8 rings (SSSR count). The molecule has 0 fully saturated rings. The van der Waals surface area contributed by atoms with Gasteiger partial charge in [0.05, 0.1) is 5.69 Å². The zero-order chi connectivity index (χ0) is 27.9. The maximum atomic E-state index is 2.40. The van der Waals surface area contributed by atoms with Crippen molar-refractivity contribution in [3.8, 4) is 22.3 Å². The SMILES string of the molecule is c1ccc(-c2cccc(-c3ccc(N(c4ccccc4)c4cccc5ccc6c7ccccc7sc6c45)cc3)c2)cc1. The minimum Gasteiger partial charge on any atom is -0.310 e. The number of benzene rings is 7. The molecule has 0 N–H and O–H groups in total. The van der Waals surface area contributed by atoms with Crippen molar-refractivity contribution in [1.82, 2.24) is 0 Å². The largest absolute Gasteiger partial charge is 0.310 e. The van der Waals surface area contributed by atoms with Crippen LogP contribution in [0, 0.1) is 0 Å². The number of rotatable bonds is 5. The normalized spacial score (nSPS) is 11.3. The van der Waals surface area contributed by atoms with Crippen LogP contribution in [0.2, 0.25) is 0 Å². The van der Waals surface area contributed by atoms with Gasteiger partial charge in [-0.25, -0.2) is 0 Å². The predicted molar refractivity (Wildman–Crippen MR) is 182 cm³/mol. The summed E-state index contributed by atoms with van der Waals surface area (Å²) < 4.78 is 2.66. The zero-order valence-electron chi connectivity index (χ0n) is 22.9. The van der Waals surface area contributed by atoms with E-state index in [0.29, 0.717) is 0 Å². The molecule has 8 aromatic rings. The van der Waals surface area contributed by atoms with Crippen LogP contribution < -0.4 is 4.90 Å². The molecule has 0 bridgehead atoms. The third kappa shape index (κ3) is 4.25. The highest BCUT2D eigenvalue weighted by molar-refractivity contribution is 7.26. The first-order chi connectivity index (χ1) is 20.8. The number of hydrogen-bond acceptors (Lipinski definition) is 2. The summed E-state index contributed by atoms with van der Waals surface area (Å²) >= 11 is 1.89. The van der Waals surface area contributed by atoms with Crippen LogP contribution in [0.5, 0.6) is 0 Å². The van der Waals surface area contributed by atoms with Gasteiger partial charge in [0, 0.05) is 36.9 Å². The molecule has 0 spiro atoms. The molecule has 0 saturated heterocycles. The lowest BCUT2D eigenvalue weighted by atomic mass is 9.98. The van der Waals surface area contributed by atoms with Gasteiger partial charge in [0.15, 0.2) is 0 Å². The van der Waals surface area contributed by atoms with Crippen LogP contribution in [0.3, 0.4) is 0 Å². The van der Waals surface area contributed by atoms with Crippen LogP contribution in [0.25, 0.3) is 53.2 Å². The Morgan fingerprint density at radius 2 is 1.02 bits per heavy atom. The number of anilines is 3. The van der Waals surface area contributed by atoms with Crippen LogP contribution in [0.4, 0.5) is 17.1 Å². The lowest BCUT2D eigenvalue weighted by Crippen LogP contribution is -2.10. The summed E-state index contributed by atoms with van der Waals surface area (Å²) in [4.78, 5) is 2.40. The van der Waals surface area contributed by atoms with Gasteiger partial charge in [-0.2, -0.15) is 0 Å². The van der Waals surface area contributed by atoms with Crippen LogP contribution in [-0.4, -0.2) is 0 Å². The summed E-state index contributed by atoms with van der Waals surface area (Å²) in [5, 5.41) is 5.18. The molecule has 7 aromatic carbocycles. The number of nitrogens with zero attached hydrogens (tertiary/aromatic N) is 1. The van der Waals surface area contributed by atoms with Crippen LogP contribution in [0.1, 0.15) is 0 Å². The van der Waals surface area contributed by atoms with Gasteiger partial charge in [-0.05, 0) is 70.1 Å². The summed E-state index contributed by atoms with van der Waals surface area (Å²) in [6.45, 7) is 0. The van der Waals surface area contributed by atoms with Crippen molar-refractivity contribution < 1.29 is 0 Å². The highest BCUT2D eigenvalue weighted by Gasteiger charge is 2.18. The lowest BCUT2D eigenvalue weighted by Gasteiger charge is -2.27. The Kier molecular flexibility index (Phi) is 6.05. The average Bonchev–Trinajstić information content (AvgIpc) is 3.45. The van der Waals surface area contributed by atoms with Gasteiger partial charge in [0.2, 0.25) is 0 Å². The number of thiophene rings is 1. The van der Waals surface area contributed by atoms with Crippen molar-refractivity contribution in [2.75, 3.05) is 4.90 Å². The Morgan fingerprint density at radius 3 is 1.81 bits per heavy atom. The molecular formula is C40H27NS. The predicted octanol–water partition coefficient (Wildman–Crippen LogP) is 12.0. The van der Waals surface area contributed by atoms with Gasteiger partial charge in [0.25, 0.3) is 0 Å². The maximum absolute atomic E-state index is 2.40. The van der Waals surface area contributed by atoms with Gasteiger partial charge < -0.3 is 4.90 Å². The standard InChI is InChI=1S/C40H27NS/c1-3-11-28(12-4-1)31-14-9-15-32(27-31)29-21-24-34(25-22-29)41(33-16-5-2-6-17-33)37-19-10-13-30-23-26-36-35-18-7-8-20-38(35)42-40(36)39(30)37/h1-27H. The Morgan fingerprint density at radius 1 is 0.405 bits per heavy atom. The Bertz CT molecular complexity index is 2180. The molecule has 2 heteroatoms. The van der Waals surface area contributed by atoms with Crippen molar-refractivity contribution in [1.29, 1.82) is 0 Å². The van der Waals surface area contributed by atoms with Gasteiger partial charge in [-0.1, -0.05) is 121 Å². The van der Waals surface area contributed by atoms with E-state index in [1.807, 2.05) is 11.3 Å². The maximum Gasteiger partial charge on any atom is 0.0554 e. The van der Waals surface area contributed by atoms with Crippen LogP contribution in [-0.2, 0) is 0 Å². The van der Waals surface area contributed by atoms with E-state index < -0.39 is 0 Å². The van der Waals surface area contributed by atoms with E-state index in [1.54, 1.807) is 0 Å². The number of hydrogen-bond donors (Lipinski definition) is 0. The van der Waals surface area contributed by atoms with Gasteiger partial charge in [-0.15, -0.1) is 11.3 Å². The Labute approximate surface area is 249 Å². The van der Waals surface area contributed by atoms with Crippen molar-refractivity contribution in [2.24, 2.45) is 0 Å². The smallest absolute Gasteiger partial charge is 0.0554 e. The molecule has 0 aliphatic heterocycles. The summed E-state index contributed by atoms with van der Waals surface area (Å²) in [5.74, 6) is 0. The molecule has 0 amide bonds. The minimum absolute atomic E-state index is 1.13. The topological polar surface area (TPSA) is 3.24 Å². The highest BCUT2D eigenvalue weighted by Crippen LogP contribution is 2.45. The van der Waals surface area contributed by atoms with E-state index in [9.17, 15) is 0 Å². The molecular weight excluding hydrogens is 527 g/mol. The van der Waals surface area contributed by atoms with Crippen LogP contribution in [0.15, 0.2) is 164 Å². The van der Waals surface area contributed by atoms with E-state index >= 15 is 0 Å². The Hall–Kier alpha value is -5.18. The van der Waals surface area contributed by atoms with Gasteiger partial charge >= 0.3 is 0 Å². The quantitative estimate of drug-likeness (QED) is 0.205. The summed E-state index contributed by atoms with van der Waals surface area (Å²) in [6.07, 6.45) is 0. The molecule has 0 atom stereocenters.